The van der Waals surface area contributed by atoms with Crippen LogP contribution in [0.5, 0.6) is 5.75 Å². The van der Waals surface area contributed by atoms with Gasteiger partial charge in [-0.05, 0) is 114 Å². The highest BCUT2D eigenvalue weighted by molar-refractivity contribution is 6.00. The number of carbonyl (C=O) groups excluding carboxylic acids is 2. The first kappa shape index (κ1) is 26.6. The first-order chi connectivity index (χ1) is 18.6. The van der Waals surface area contributed by atoms with E-state index in [-0.39, 0.29) is 35.0 Å². The molecule has 4 N–H and O–H groups in total. The highest BCUT2D eigenvalue weighted by atomic mass is 16.3. The van der Waals surface area contributed by atoms with Crippen molar-refractivity contribution in [3.8, 4) is 5.75 Å². The van der Waals surface area contributed by atoms with Crippen LogP contribution < -0.4 is 11.1 Å². The maximum absolute atomic E-state index is 14.2. The van der Waals surface area contributed by atoms with Crippen molar-refractivity contribution in [3.05, 3.63) is 64.2 Å². The molecule has 4 aliphatic rings. The minimum Gasteiger partial charge on any atom is -0.508 e. The van der Waals surface area contributed by atoms with E-state index in [1.807, 2.05) is 12.1 Å². The van der Waals surface area contributed by atoms with Crippen molar-refractivity contribution < 1.29 is 14.7 Å². The Balaban J connectivity index is 1.26. The summed E-state index contributed by atoms with van der Waals surface area (Å²) in [6.45, 7) is 7.05. The summed E-state index contributed by atoms with van der Waals surface area (Å²) in [5.74, 6) is 0.723. The lowest BCUT2D eigenvalue weighted by molar-refractivity contribution is -0.149. The first-order valence-electron chi connectivity index (χ1n) is 15.1. The van der Waals surface area contributed by atoms with Gasteiger partial charge in [0.15, 0.2) is 0 Å². The van der Waals surface area contributed by atoms with Gasteiger partial charge in [-0.3, -0.25) is 14.9 Å². The maximum atomic E-state index is 14.2. The van der Waals surface area contributed by atoms with Gasteiger partial charge in [-0.25, -0.2) is 0 Å². The second-order valence-electron chi connectivity index (χ2n) is 13.7. The monoisotopic (exact) mass is 528 g/mol. The SMILES string of the molecule is C[C@]1(C(=O)NC(=O)[C@@]2(C)CCC[C@]3(C)c4cc(CN)ccc4CC[C@@H]23)CCCC2c3cc(O)ccc3CC[C@H]21. The van der Waals surface area contributed by atoms with Crippen LogP contribution in [0.25, 0.3) is 0 Å². The summed E-state index contributed by atoms with van der Waals surface area (Å²) < 4.78 is 0. The van der Waals surface area contributed by atoms with E-state index in [2.05, 4.69) is 44.3 Å². The molecule has 0 bridgehead atoms. The summed E-state index contributed by atoms with van der Waals surface area (Å²) >= 11 is 0. The molecule has 2 amide bonds. The number of carbonyl (C=O) groups is 2. The number of imide groups is 1. The van der Waals surface area contributed by atoms with E-state index in [4.69, 9.17) is 5.73 Å². The molecular weight excluding hydrogens is 484 g/mol. The Hall–Kier alpha value is -2.66. The molecule has 5 heteroatoms. The van der Waals surface area contributed by atoms with E-state index in [0.29, 0.717) is 12.3 Å². The molecular formula is C34H44N2O3. The van der Waals surface area contributed by atoms with Crippen molar-refractivity contribution in [2.45, 2.75) is 103 Å². The molecule has 0 spiro atoms. The Labute approximate surface area is 233 Å². The fourth-order valence-electron chi connectivity index (χ4n) is 9.45. The van der Waals surface area contributed by atoms with Gasteiger partial charge >= 0.3 is 0 Å². The van der Waals surface area contributed by atoms with Crippen LogP contribution in [0, 0.1) is 22.7 Å². The fraction of sp³-hybridized carbons (Fsp3) is 0.588. The Kier molecular flexibility index (Phi) is 6.45. The van der Waals surface area contributed by atoms with E-state index in [1.54, 1.807) is 6.07 Å². The van der Waals surface area contributed by atoms with Gasteiger partial charge in [-0.15, -0.1) is 0 Å². The number of phenols is 1. The molecule has 6 rings (SSSR count). The largest absolute Gasteiger partial charge is 0.508 e. The van der Waals surface area contributed by atoms with Gasteiger partial charge in [-0.1, -0.05) is 57.9 Å². The molecule has 4 aliphatic carbocycles. The summed E-state index contributed by atoms with van der Waals surface area (Å²) in [5, 5.41) is 13.2. The van der Waals surface area contributed by atoms with Crippen LogP contribution in [0.4, 0.5) is 0 Å². The summed E-state index contributed by atoms with van der Waals surface area (Å²) in [6.07, 6.45) is 9.41. The first-order valence-corrected chi connectivity index (χ1v) is 15.1. The molecule has 0 heterocycles. The van der Waals surface area contributed by atoms with Crippen LogP contribution in [0.2, 0.25) is 0 Å². The molecule has 6 atom stereocenters. The maximum Gasteiger partial charge on any atom is 0.232 e. The number of nitrogens with two attached hydrogens (primary N) is 1. The number of fused-ring (bicyclic) bond motifs is 6. The van der Waals surface area contributed by atoms with Crippen molar-refractivity contribution >= 4 is 11.8 Å². The van der Waals surface area contributed by atoms with Crippen LogP contribution in [-0.4, -0.2) is 16.9 Å². The van der Waals surface area contributed by atoms with Gasteiger partial charge < -0.3 is 10.8 Å². The molecule has 1 unspecified atom stereocenters. The van der Waals surface area contributed by atoms with E-state index >= 15 is 0 Å². The summed E-state index contributed by atoms with van der Waals surface area (Å²) in [4.78, 5) is 28.2. The van der Waals surface area contributed by atoms with Crippen molar-refractivity contribution in [3.63, 3.8) is 0 Å². The van der Waals surface area contributed by atoms with Crippen molar-refractivity contribution in [2.75, 3.05) is 0 Å². The lowest BCUT2D eigenvalue weighted by Crippen LogP contribution is -2.58. The number of rotatable bonds is 3. The van der Waals surface area contributed by atoms with Crippen LogP contribution in [0.15, 0.2) is 36.4 Å². The van der Waals surface area contributed by atoms with E-state index < -0.39 is 10.8 Å². The smallest absolute Gasteiger partial charge is 0.232 e. The minimum absolute atomic E-state index is 0.0842. The molecule has 2 saturated carbocycles. The number of benzene rings is 2. The molecule has 0 aromatic heterocycles. The number of hydrogen-bond donors (Lipinski definition) is 3. The minimum atomic E-state index is -0.592. The second kappa shape index (κ2) is 9.47. The van der Waals surface area contributed by atoms with Crippen molar-refractivity contribution in [1.29, 1.82) is 0 Å². The third-order valence-electron chi connectivity index (χ3n) is 11.7. The lowest BCUT2D eigenvalue weighted by atomic mass is 9.49. The number of aryl methyl sites for hydroxylation is 2. The number of hydrogen-bond acceptors (Lipinski definition) is 4. The third-order valence-corrected chi connectivity index (χ3v) is 11.7. The Morgan fingerprint density at radius 3 is 2.41 bits per heavy atom. The average Bonchev–Trinajstić information content (AvgIpc) is 2.92. The summed E-state index contributed by atoms with van der Waals surface area (Å²) in [7, 11) is 0. The zero-order valence-electron chi connectivity index (χ0n) is 23.8. The van der Waals surface area contributed by atoms with E-state index in [9.17, 15) is 14.7 Å². The van der Waals surface area contributed by atoms with Crippen molar-refractivity contribution in [1.82, 2.24) is 5.32 Å². The molecule has 2 aromatic carbocycles. The Morgan fingerprint density at radius 2 is 1.62 bits per heavy atom. The molecule has 0 radical (unpaired) electrons. The number of phenolic OH excluding ortho intramolecular Hbond substituents is 1. The molecule has 5 nitrogen and oxygen atoms in total. The third kappa shape index (κ3) is 4.06. The predicted octanol–water partition coefficient (Wildman–Crippen LogP) is 6.04. The molecule has 39 heavy (non-hydrogen) atoms. The van der Waals surface area contributed by atoms with Crippen molar-refractivity contribution in [2.24, 2.45) is 28.4 Å². The van der Waals surface area contributed by atoms with Gasteiger partial charge in [0, 0.05) is 6.54 Å². The standard InChI is InChI=1S/C34H44N2O3/c1-32-16-5-17-34(3,29(32)14-11-23-8-7-21(20-35)18-28(23)32)31(39)36-30(38)33(2)15-4-6-25-26-19-24(37)12-9-22(26)10-13-27(25)33/h7-9,12,18-19,25,27,29,37H,4-6,10-11,13-17,20,35H2,1-3H3,(H,36,38,39)/t25?,27-,29-,32-,33+,34+/m1/s1. The topological polar surface area (TPSA) is 92.4 Å². The van der Waals surface area contributed by atoms with E-state index in [0.717, 1.165) is 69.8 Å². The van der Waals surface area contributed by atoms with E-state index in [1.165, 1.54) is 22.3 Å². The fourth-order valence-corrected chi connectivity index (χ4v) is 9.45. The van der Waals surface area contributed by atoms with Gasteiger partial charge in [0.05, 0.1) is 10.8 Å². The lowest BCUT2D eigenvalue weighted by Gasteiger charge is -2.55. The number of aromatic hydroxyl groups is 1. The average molecular weight is 529 g/mol. The van der Waals surface area contributed by atoms with Crippen LogP contribution in [0.3, 0.4) is 0 Å². The zero-order valence-corrected chi connectivity index (χ0v) is 23.8. The van der Waals surface area contributed by atoms with Crippen LogP contribution in [-0.2, 0) is 34.4 Å². The van der Waals surface area contributed by atoms with Gasteiger partial charge in [-0.2, -0.15) is 0 Å². The zero-order chi connectivity index (χ0) is 27.6. The van der Waals surface area contributed by atoms with Gasteiger partial charge in [0.1, 0.15) is 5.75 Å². The molecule has 2 aromatic rings. The molecule has 0 aliphatic heterocycles. The highest BCUT2D eigenvalue weighted by Crippen LogP contribution is 2.58. The van der Waals surface area contributed by atoms with Gasteiger partial charge in [0.25, 0.3) is 0 Å². The normalized spacial score (nSPS) is 35.1. The quantitative estimate of drug-likeness (QED) is 0.424. The van der Waals surface area contributed by atoms with Gasteiger partial charge in [0.2, 0.25) is 11.8 Å². The molecule has 2 fully saturated rings. The summed E-state index contributed by atoms with van der Waals surface area (Å²) in [6, 6.07) is 12.4. The predicted molar refractivity (Wildman–Crippen MR) is 153 cm³/mol. The summed E-state index contributed by atoms with van der Waals surface area (Å²) in [5.41, 5.74) is 11.1. The van der Waals surface area contributed by atoms with Crippen LogP contribution in [0.1, 0.15) is 106 Å². The Bertz CT molecular complexity index is 1320. The van der Waals surface area contributed by atoms with Crippen LogP contribution >= 0.6 is 0 Å². The highest BCUT2D eigenvalue weighted by Gasteiger charge is 2.56. The molecule has 208 valence electrons. The number of nitrogens with one attached hydrogen (secondary N) is 1. The second-order valence-corrected chi connectivity index (χ2v) is 13.7. The number of amides is 2. The Morgan fingerprint density at radius 1 is 0.897 bits per heavy atom. The molecule has 0 saturated heterocycles.